The summed E-state index contributed by atoms with van der Waals surface area (Å²) in [5, 5.41) is 0. The highest BCUT2D eigenvalue weighted by molar-refractivity contribution is 5.01. The van der Waals surface area contributed by atoms with E-state index in [4.69, 9.17) is 10.5 Å². The van der Waals surface area contributed by atoms with E-state index in [0.29, 0.717) is 18.2 Å². The molecule has 2 aliphatic carbocycles. The zero-order valence-electron chi connectivity index (χ0n) is 10.3. The van der Waals surface area contributed by atoms with Crippen molar-refractivity contribution in [3.63, 3.8) is 0 Å². The fourth-order valence-electron chi connectivity index (χ4n) is 2.88. The molecular weight excluding hydrogens is 186 g/mol. The predicted molar refractivity (Wildman–Crippen MR) is 62.7 cm³/mol. The van der Waals surface area contributed by atoms with E-state index in [1.165, 1.54) is 25.7 Å². The molecule has 4 atom stereocenters. The molecular formula is C13H25NO. The van der Waals surface area contributed by atoms with Crippen LogP contribution in [0.2, 0.25) is 0 Å². The first-order valence-corrected chi connectivity index (χ1v) is 6.41. The minimum atomic E-state index is 0.195. The van der Waals surface area contributed by atoms with Gasteiger partial charge in [-0.15, -0.1) is 0 Å². The molecule has 0 saturated heterocycles. The van der Waals surface area contributed by atoms with Gasteiger partial charge in [-0.2, -0.15) is 0 Å². The van der Waals surface area contributed by atoms with Gasteiger partial charge in [0.05, 0.1) is 12.2 Å². The molecule has 0 amide bonds. The second-order valence-corrected chi connectivity index (χ2v) is 6.18. The van der Waals surface area contributed by atoms with E-state index < -0.39 is 0 Å². The monoisotopic (exact) mass is 211 g/mol. The zero-order chi connectivity index (χ0) is 11.1. The lowest BCUT2D eigenvalue weighted by Crippen LogP contribution is -2.59. The minimum Gasteiger partial charge on any atom is -0.374 e. The molecule has 0 aromatic carbocycles. The summed E-state index contributed by atoms with van der Waals surface area (Å²) in [5.74, 6) is 0.848. The molecule has 0 aromatic rings. The van der Waals surface area contributed by atoms with Gasteiger partial charge in [-0.1, -0.05) is 33.6 Å². The molecule has 88 valence electrons. The normalized spacial score (nSPS) is 44.8. The van der Waals surface area contributed by atoms with Gasteiger partial charge in [0.15, 0.2) is 0 Å². The van der Waals surface area contributed by atoms with E-state index in [9.17, 15) is 0 Å². The van der Waals surface area contributed by atoms with Crippen molar-refractivity contribution < 1.29 is 4.74 Å². The van der Waals surface area contributed by atoms with Crippen LogP contribution in [0.25, 0.3) is 0 Å². The van der Waals surface area contributed by atoms with Crippen LogP contribution in [0.1, 0.15) is 52.9 Å². The lowest BCUT2D eigenvalue weighted by Gasteiger charge is -2.51. The van der Waals surface area contributed by atoms with Crippen LogP contribution in [0, 0.1) is 11.3 Å². The number of ether oxygens (including phenoxy) is 1. The molecule has 0 aliphatic heterocycles. The lowest BCUT2D eigenvalue weighted by molar-refractivity contribution is -0.149. The van der Waals surface area contributed by atoms with Crippen molar-refractivity contribution in [2.75, 3.05) is 0 Å². The third-order valence-electron chi connectivity index (χ3n) is 4.50. The highest BCUT2D eigenvalue weighted by Gasteiger charge is 2.47. The summed E-state index contributed by atoms with van der Waals surface area (Å²) in [4.78, 5) is 0. The maximum atomic E-state index is 6.20. The molecule has 2 saturated carbocycles. The fourth-order valence-corrected chi connectivity index (χ4v) is 2.88. The molecule has 2 N–H and O–H groups in total. The highest BCUT2D eigenvalue weighted by atomic mass is 16.5. The van der Waals surface area contributed by atoms with Crippen molar-refractivity contribution in [3.8, 4) is 0 Å². The van der Waals surface area contributed by atoms with E-state index in [0.717, 1.165) is 12.3 Å². The Kier molecular flexibility index (Phi) is 3.09. The van der Waals surface area contributed by atoms with Crippen LogP contribution in [0.3, 0.4) is 0 Å². The first-order chi connectivity index (χ1) is 7.00. The van der Waals surface area contributed by atoms with Crippen molar-refractivity contribution in [3.05, 3.63) is 0 Å². The van der Waals surface area contributed by atoms with Gasteiger partial charge in [-0.05, 0) is 25.2 Å². The molecule has 0 heterocycles. The molecule has 0 radical (unpaired) electrons. The van der Waals surface area contributed by atoms with Gasteiger partial charge >= 0.3 is 0 Å². The van der Waals surface area contributed by atoms with E-state index in [-0.39, 0.29) is 5.41 Å². The molecule has 2 fully saturated rings. The predicted octanol–water partition coefficient (Wildman–Crippen LogP) is 2.71. The Labute approximate surface area is 93.6 Å². The summed E-state index contributed by atoms with van der Waals surface area (Å²) in [5.41, 5.74) is 6.19. The topological polar surface area (TPSA) is 35.2 Å². The van der Waals surface area contributed by atoms with Crippen LogP contribution in [0.5, 0.6) is 0 Å². The van der Waals surface area contributed by atoms with Gasteiger partial charge in [-0.25, -0.2) is 0 Å². The first-order valence-electron chi connectivity index (χ1n) is 6.41. The Bertz CT molecular complexity index is 227. The molecule has 2 nitrogen and oxygen atoms in total. The van der Waals surface area contributed by atoms with E-state index in [1.54, 1.807) is 0 Å². The van der Waals surface area contributed by atoms with Gasteiger partial charge in [0.2, 0.25) is 0 Å². The number of hydrogen-bond donors (Lipinski definition) is 1. The van der Waals surface area contributed by atoms with Crippen LogP contribution >= 0.6 is 0 Å². The van der Waals surface area contributed by atoms with Crippen LogP contribution in [-0.4, -0.2) is 18.2 Å². The van der Waals surface area contributed by atoms with Gasteiger partial charge in [0.25, 0.3) is 0 Å². The molecule has 2 rings (SSSR count). The van der Waals surface area contributed by atoms with Crippen molar-refractivity contribution in [2.24, 2.45) is 17.1 Å². The standard InChI is InChI=1S/C13H25NO/c1-9-5-4-6-10(7-9)15-12-8-11(14)13(12,2)3/h9-12H,4-8,14H2,1-3H3. The summed E-state index contributed by atoms with van der Waals surface area (Å²) in [6.45, 7) is 6.81. The molecule has 0 spiro atoms. The zero-order valence-corrected chi connectivity index (χ0v) is 10.3. The van der Waals surface area contributed by atoms with Crippen molar-refractivity contribution in [2.45, 2.75) is 71.1 Å². The number of hydrogen-bond acceptors (Lipinski definition) is 2. The Hall–Kier alpha value is -0.0800. The number of nitrogens with two attached hydrogens (primary N) is 1. The molecule has 2 aliphatic rings. The lowest BCUT2D eigenvalue weighted by atomic mass is 9.65. The summed E-state index contributed by atoms with van der Waals surface area (Å²) >= 11 is 0. The van der Waals surface area contributed by atoms with Gasteiger partial charge < -0.3 is 10.5 Å². The Morgan fingerprint density at radius 1 is 1.20 bits per heavy atom. The maximum absolute atomic E-state index is 6.20. The quantitative estimate of drug-likeness (QED) is 0.762. The highest BCUT2D eigenvalue weighted by Crippen LogP contribution is 2.43. The first kappa shape index (κ1) is 11.4. The molecule has 0 bridgehead atoms. The van der Waals surface area contributed by atoms with E-state index in [2.05, 4.69) is 20.8 Å². The van der Waals surface area contributed by atoms with E-state index in [1.807, 2.05) is 0 Å². The van der Waals surface area contributed by atoms with Gasteiger partial charge in [0.1, 0.15) is 0 Å². The third kappa shape index (κ3) is 2.21. The Morgan fingerprint density at radius 2 is 1.93 bits per heavy atom. The minimum absolute atomic E-state index is 0.195. The summed E-state index contributed by atoms with van der Waals surface area (Å²) < 4.78 is 6.20. The SMILES string of the molecule is CC1CCCC(OC2CC(N)C2(C)C)C1. The molecule has 4 unspecified atom stereocenters. The van der Waals surface area contributed by atoms with Crippen LogP contribution in [-0.2, 0) is 4.74 Å². The molecule has 0 aromatic heterocycles. The second-order valence-electron chi connectivity index (χ2n) is 6.18. The van der Waals surface area contributed by atoms with Crippen molar-refractivity contribution in [1.29, 1.82) is 0 Å². The number of rotatable bonds is 2. The summed E-state index contributed by atoms with van der Waals surface area (Å²) in [7, 11) is 0. The van der Waals surface area contributed by atoms with Gasteiger partial charge in [0, 0.05) is 11.5 Å². The summed E-state index contributed by atoms with van der Waals surface area (Å²) in [6, 6.07) is 0.337. The second kappa shape index (κ2) is 4.06. The van der Waals surface area contributed by atoms with Crippen LogP contribution in [0.4, 0.5) is 0 Å². The average Bonchev–Trinajstić information content (AvgIpc) is 2.17. The van der Waals surface area contributed by atoms with Gasteiger partial charge in [-0.3, -0.25) is 0 Å². The smallest absolute Gasteiger partial charge is 0.0659 e. The Morgan fingerprint density at radius 3 is 2.47 bits per heavy atom. The average molecular weight is 211 g/mol. The van der Waals surface area contributed by atoms with Crippen LogP contribution < -0.4 is 5.73 Å². The van der Waals surface area contributed by atoms with Crippen molar-refractivity contribution >= 4 is 0 Å². The summed E-state index contributed by atoms with van der Waals surface area (Å²) in [6.07, 6.45) is 7.19. The van der Waals surface area contributed by atoms with Crippen molar-refractivity contribution in [1.82, 2.24) is 0 Å². The van der Waals surface area contributed by atoms with E-state index >= 15 is 0 Å². The fraction of sp³-hybridized carbons (Fsp3) is 1.00. The van der Waals surface area contributed by atoms with Crippen LogP contribution in [0.15, 0.2) is 0 Å². The Balaban J connectivity index is 1.82. The molecule has 15 heavy (non-hydrogen) atoms. The third-order valence-corrected chi connectivity index (χ3v) is 4.50. The molecule has 2 heteroatoms. The largest absolute Gasteiger partial charge is 0.374 e. The maximum Gasteiger partial charge on any atom is 0.0659 e.